The maximum Gasteiger partial charge on any atom is 0.314 e. The maximum atomic E-state index is 13.0. The molecule has 7 nitrogen and oxygen atoms in total. The molecule has 0 aromatic heterocycles. The van der Waals surface area contributed by atoms with Gasteiger partial charge < -0.3 is 23.7 Å². The Kier molecular flexibility index (Phi) is 6.58. The Morgan fingerprint density at radius 3 is 2.30 bits per heavy atom. The lowest BCUT2D eigenvalue weighted by Gasteiger charge is -2.20. The fourth-order valence-corrected chi connectivity index (χ4v) is 4.39. The molecule has 0 atom stereocenters. The molecule has 0 N–H and O–H groups in total. The Morgan fingerprint density at radius 1 is 0.939 bits per heavy atom. The van der Waals surface area contributed by atoms with Crippen molar-refractivity contribution in [3.63, 3.8) is 0 Å². The summed E-state index contributed by atoms with van der Waals surface area (Å²) in [6.07, 6.45) is 6.59. The number of carbonyl (C=O) groups excluding carboxylic acids is 2. The van der Waals surface area contributed by atoms with Gasteiger partial charge in [-0.05, 0) is 50.1 Å². The maximum absolute atomic E-state index is 13.0. The number of rotatable bonds is 6. The van der Waals surface area contributed by atoms with E-state index in [0.29, 0.717) is 45.4 Å². The molecule has 1 aliphatic heterocycles. The minimum Gasteiger partial charge on any atom is -0.493 e. The summed E-state index contributed by atoms with van der Waals surface area (Å²) in [5, 5.41) is 0. The summed E-state index contributed by atoms with van der Waals surface area (Å²) in [5.74, 6) is 1.79. The Morgan fingerprint density at radius 2 is 1.64 bits per heavy atom. The topological polar surface area (TPSA) is 80.3 Å². The summed E-state index contributed by atoms with van der Waals surface area (Å²) in [6, 6.07) is 6.79. The van der Waals surface area contributed by atoms with Crippen LogP contribution in [0.1, 0.15) is 53.6 Å². The number of hydrogen-bond acceptors (Lipinski definition) is 7. The molecule has 1 heterocycles. The van der Waals surface area contributed by atoms with E-state index in [0.717, 1.165) is 32.1 Å². The SMILES string of the molecule is COc1ccc(/C=C2\Oc3c(ccc(OC(=O)C4CCCCC4)c3C)C2=O)c(OC)c1OC. The van der Waals surface area contributed by atoms with Crippen molar-refractivity contribution < 1.29 is 33.3 Å². The van der Waals surface area contributed by atoms with Crippen molar-refractivity contribution in [2.75, 3.05) is 21.3 Å². The predicted molar refractivity (Wildman–Crippen MR) is 122 cm³/mol. The second kappa shape index (κ2) is 9.57. The standard InChI is InChI=1S/C26H28O7/c1-15-19(33-26(28)16-8-6-5-7-9-16)13-11-18-22(27)21(32-23(15)18)14-17-10-12-20(29-2)25(31-4)24(17)30-3/h10-14,16H,5-9H2,1-4H3/b21-14-. The lowest BCUT2D eigenvalue weighted by atomic mass is 9.89. The van der Waals surface area contributed by atoms with E-state index < -0.39 is 0 Å². The quantitative estimate of drug-likeness (QED) is 0.342. The first-order valence-corrected chi connectivity index (χ1v) is 11.1. The van der Waals surface area contributed by atoms with Gasteiger partial charge in [-0.3, -0.25) is 9.59 Å². The highest BCUT2D eigenvalue weighted by molar-refractivity contribution is 6.15. The summed E-state index contributed by atoms with van der Waals surface area (Å²) in [4.78, 5) is 25.6. The molecule has 1 fully saturated rings. The lowest BCUT2D eigenvalue weighted by molar-refractivity contribution is -0.140. The van der Waals surface area contributed by atoms with Crippen LogP contribution < -0.4 is 23.7 Å². The van der Waals surface area contributed by atoms with E-state index in [1.165, 1.54) is 21.3 Å². The van der Waals surface area contributed by atoms with E-state index in [-0.39, 0.29) is 23.4 Å². The van der Waals surface area contributed by atoms with Crippen molar-refractivity contribution >= 4 is 17.8 Å². The van der Waals surface area contributed by atoms with Crippen LogP contribution in [0.25, 0.3) is 6.08 Å². The zero-order valence-corrected chi connectivity index (χ0v) is 19.4. The van der Waals surface area contributed by atoms with Gasteiger partial charge in [0.25, 0.3) is 0 Å². The van der Waals surface area contributed by atoms with Crippen LogP contribution in [0.5, 0.6) is 28.7 Å². The van der Waals surface area contributed by atoms with Gasteiger partial charge >= 0.3 is 5.97 Å². The second-order valence-electron chi connectivity index (χ2n) is 8.18. The van der Waals surface area contributed by atoms with Crippen LogP contribution in [-0.4, -0.2) is 33.1 Å². The highest BCUT2D eigenvalue weighted by atomic mass is 16.5. The van der Waals surface area contributed by atoms with E-state index >= 15 is 0 Å². The summed E-state index contributed by atoms with van der Waals surface area (Å²) >= 11 is 0. The minimum absolute atomic E-state index is 0.0677. The largest absolute Gasteiger partial charge is 0.493 e. The fourth-order valence-electron chi connectivity index (χ4n) is 4.39. The van der Waals surface area contributed by atoms with Crippen molar-refractivity contribution in [3.05, 3.63) is 46.7 Å². The van der Waals surface area contributed by atoms with Gasteiger partial charge in [-0.25, -0.2) is 0 Å². The number of carbonyl (C=O) groups is 2. The zero-order valence-electron chi connectivity index (χ0n) is 19.4. The fraction of sp³-hybridized carbons (Fsp3) is 0.385. The van der Waals surface area contributed by atoms with Gasteiger partial charge in [0.1, 0.15) is 11.5 Å². The minimum atomic E-state index is -0.255. The zero-order chi connectivity index (χ0) is 23.5. The van der Waals surface area contributed by atoms with Gasteiger partial charge in [-0.2, -0.15) is 0 Å². The normalized spacial score (nSPS) is 16.8. The molecule has 0 amide bonds. The molecular weight excluding hydrogens is 424 g/mol. The Balaban J connectivity index is 1.62. The summed E-state index contributed by atoms with van der Waals surface area (Å²) in [6.45, 7) is 1.79. The average molecular weight is 453 g/mol. The van der Waals surface area contributed by atoms with Crippen molar-refractivity contribution in [3.8, 4) is 28.7 Å². The number of benzene rings is 2. The number of fused-ring (bicyclic) bond motifs is 1. The summed E-state index contributed by atoms with van der Waals surface area (Å²) < 4.78 is 27.9. The van der Waals surface area contributed by atoms with Crippen LogP contribution in [0.4, 0.5) is 0 Å². The molecule has 0 spiro atoms. The first-order valence-electron chi connectivity index (χ1n) is 11.1. The molecule has 2 aromatic rings. The van der Waals surface area contributed by atoms with Crippen molar-refractivity contribution in [1.82, 2.24) is 0 Å². The molecule has 1 saturated carbocycles. The van der Waals surface area contributed by atoms with Crippen LogP contribution in [0.3, 0.4) is 0 Å². The lowest BCUT2D eigenvalue weighted by Crippen LogP contribution is -2.23. The van der Waals surface area contributed by atoms with Gasteiger partial charge in [0.2, 0.25) is 11.5 Å². The van der Waals surface area contributed by atoms with Crippen LogP contribution in [-0.2, 0) is 4.79 Å². The number of methoxy groups -OCH3 is 3. The van der Waals surface area contributed by atoms with Crippen molar-refractivity contribution in [2.24, 2.45) is 5.92 Å². The molecule has 1 aliphatic carbocycles. The van der Waals surface area contributed by atoms with E-state index in [2.05, 4.69) is 0 Å². The number of hydrogen-bond donors (Lipinski definition) is 0. The van der Waals surface area contributed by atoms with E-state index in [1.54, 1.807) is 37.3 Å². The average Bonchev–Trinajstić information content (AvgIpc) is 3.16. The van der Waals surface area contributed by atoms with Gasteiger partial charge in [0.05, 0.1) is 32.8 Å². The molecule has 33 heavy (non-hydrogen) atoms. The monoisotopic (exact) mass is 452 g/mol. The van der Waals surface area contributed by atoms with Crippen LogP contribution in [0.15, 0.2) is 30.0 Å². The number of allylic oxidation sites excluding steroid dienone is 1. The first kappa shape index (κ1) is 22.7. The van der Waals surface area contributed by atoms with E-state index in [4.69, 9.17) is 23.7 Å². The molecule has 174 valence electrons. The van der Waals surface area contributed by atoms with Gasteiger partial charge in [-0.15, -0.1) is 0 Å². The Labute approximate surface area is 193 Å². The van der Waals surface area contributed by atoms with Crippen LogP contribution >= 0.6 is 0 Å². The second-order valence-corrected chi connectivity index (χ2v) is 8.18. The van der Waals surface area contributed by atoms with Crippen LogP contribution in [0.2, 0.25) is 0 Å². The summed E-state index contributed by atoms with van der Waals surface area (Å²) in [5.41, 5.74) is 1.65. The van der Waals surface area contributed by atoms with E-state index in [1.807, 2.05) is 0 Å². The van der Waals surface area contributed by atoms with Gasteiger partial charge in [-0.1, -0.05) is 19.3 Å². The smallest absolute Gasteiger partial charge is 0.314 e. The summed E-state index contributed by atoms with van der Waals surface area (Å²) in [7, 11) is 4.57. The first-order chi connectivity index (χ1) is 16.0. The molecule has 0 saturated heterocycles. The molecule has 2 aromatic carbocycles. The van der Waals surface area contributed by atoms with Crippen molar-refractivity contribution in [2.45, 2.75) is 39.0 Å². The van der Waals surface area contributed by atoms with Gasteiger partial charge in [0, 0.05) is 11.1 Å². The van der Waals surface area contributed by atoms with E-state index in [9.17, 15) is 9.59 Å². The Bertz CT molecular complexity index is 1110. The van der Waals surface area contributed by atoms with Crippen molar-refractivity contribution in [1.29, 1.82) is 0 Å². The molecule has 7 heteroatoms. The molecular formula is C26H28O7. The highest BCUT2D eigenvalue weighted by Crippen LogP contribution is 2.43. The highest BCUT2D eigenvalue weighted by Gasteiger charge is 2.32. The van der Waals surface area contributed by atoms with Crippen LogP contribution in [0, 0.1) is 12.8 Å². The number of ketones is 1. The number of esters is 1. The molecule has 2 aliphatic rings. The third kappa shape index (κ3) is 4.27. The number of ether oxygens (including phenoxy) is 5. The molecule has 0 unspecified atom stereocenters. The molecule has 4 rings (SSSR count). The number of Topliss-reactive ketones (excluding diaryl/α,β-unsaturated/α-hetero) is 1. The predicted octanol–water partition coefficient (Wildman–Crippen LogP) is 5.12. The third-order valence-corrected chi connectivity index (χ3v) is 6.21. The third-order valence-electron chi connectivity index (χ3n) is 6.21. The molecule has 0 bridgehead atoms. The van der Waals surface area contributed by atoms with Gasteiger partial charge in [0.15, 0.2) is 17.3 Å². The molecule has 0 radical (unpaired) electrons. The Hall–Kier alpha value is -3.48.